The van der Waals surface area contributed by atoms with Gasteiger partial charge in [0.05, 0.1) is 5.69 Å². The van der Waals surface area contributed by atoms with E-state index in [1.165, 1.54) is 5.56 Å². The van der Waals surface area contributed by atoms with Crippen LogP contribution < -0.4 is 0 Å². The predicted molar refractivity (Wildman–Crippen MR) is 113 cm³/mol. The molecular formula is C23H24ClN3O. The van der Waals surface area contributed by atoms with Crippen molar-refractivity contribution in [3.8, 4) is 11.3 Å². The van der Waals surface area contributed by atoms with Crippen LogP contribution >= 0.6 is 11.6 Å². The number of nitrogens with one attached hydrogen (secondary N) is 1. The second-order valence-electron chi connectivity index (χ2n) is 8.34. The van der Waals surface area contributed by atoms with Crippen molar-refractivity contribution in [1.82, 2.24) is 15.1 Å². The first-order valence-electron chi connectivity index (χ1n) is 9.55. The van der Waals surface area contributed by atoms with Crippen LogP contribution in [0.3, 0.4) is 0 Å². The molecule has 1 aliphatic rings. The summed E-state index contributed by atoms with van der Waals surface area (Å²) in [6.07, 6.45) is 0.773. The third-order valence-corrected chi connectivity index (χ3v) is 5.55. The van der Waals surface area contributed by atoms with Crippen LogP contribution in [0.15, 0.2) is 48.5 Å². The van der Waals surface area contributed by atoms with Gasteiger partial charge in [0.25, 0.3) is 5.91 Å². The van der Waals surface area contributed by atoms with Gasteiger partial charge in [-0.25, -0.2) is 0 Å². The van der Waals surface area contributed by atoms with Gasteiger partial charge in [0.15, 0.2) is 0 Å². The van der Waals surface area contributed by atoms with Gasteiger partial charge in [0.1, 0.15) is 0 Å². The molecule has 3 aromatic rings. The Bertz CT molecular complexity index is 1020. The Morgan fingerprint density at radius 3 is 2.57 bits per heavy atom. The highest BCUT2D eigenvalue weighted by atomic mass is 35.5. The van der Waals surface area contributed by atoms with E-state index < -0.39 is 0 Å². The molecule has 4 nitrogen and oxygen atoms in total. The van der Waals surface area contributed by atoms with E-state index in [-0.39, 0.29) is 11.3 Å². The third kappa shape index (κ3) is 3.57. The van der Waals surface area contributed by atoms with E-state index in [9.17, 15) is 4.79 Å². The minimum atomic E-state index is 0.0596. The molecule has 1 N–H and O–H groups in total. The number of nitrogens with zero attached hydrogens (tertiary/aromatic N) is 2. The molecule has 0 fully saturated rings. The molecule has 0 unspecified atom stereocenters. The number of hydrogen-bond acceptors (Lipinski definition) is 2. The average molecular weight is 394 g/mol. The number of hydrogen-bond donors (Lipinski definition) is 1. The lowest BCUT2D eigenvalue weighted by molar-refractivity contribution is 0.0734. The number of halogens is 1. The smallest absolute Gasteiger partial charge is 0.254 e. The molecule has 0 atom stereocenters. The number of carbonyl (C=O) groups excluding carboxylic acids is 1. The van der Waals surface area contributed by atoms with E-state index in [2.05, 4.69) is 43.1 Å². The fourth-order valence-corrected chi connectivity index (χ4v) is 3.83. The third-order valence-electron chi connectivity index (χ3n) is 5.32. The first kappa shape index (κ1) is 18.8. The Labute approximate surface area is 170 Å². The van der Waals surface area contributed by atoms with Crippen molar-refractivity contribution in [2.24, 2.45) is 0 Å². The normalized spacial score (nSPS) is 14.1. The number of aromatic nitrogens is 2. The van der Waals surface area contributed by atoms with Crippen molar-refractivity contribution in [2.75, 3.05) is 6.54 Å². The number of carbonyl (C=O) groups is 1. The van der Waals surface area contributed by atoms with Crippen LogP contribution in [0.1, 0.15) is 48.0 Å². The minimum Gasteiger partial charge on any atom is -0.334 e. The zero-order valence-corrected chi connectivity index (χ0v) is 17.2. The van der Waals surface area contributed by atoms with E-state index in [0.717, 1.165) is 34.5 Å². The molecule has 4 rings (SSSR count). The van der Waals surface area contributed by atoms with Gasteiger partial charge in [-0.3, -0.25) is 9.89 Å². The van der Waals surface area contributed by atoms with E-state index in [1.54, 1.807) is 0 Å². The van der Waals surface area contributed by atoms with Crippen LogP contribution in [-0.2, 0) is 18.4 Å². The van der Waals surface area contributed by atoms with Crippen molar-refractivity contribution in [2.45, 2.75) is 39.2 Å². The van der Waals surface area contributed by atoms with Crippen molar-refractivity contribution < 1.29 is 4.79 Å². The number of benzene rings is 2. The molecule has 28 heavy (non-hydrogen) atoms. The van der Waals surface area contributed by atoms with Crippen molar-refractivity contribution in [3.05, 3.63) is 75.9 Å². The van der Waals surface area contributed by atoms with E-state index >= 15 is 0 Å². The van der Waals surface area contributed by atoms with Gasteiger partial charge >= 0.3 is 0 Å². The molecule has 0 aliphatic carbocycles. The highest BCUT2D eigenvalue weighted by Crippen LogP contribution is 2.30. The standard InChI is InChI=1S/C23H24ClN3O/c1-23(2,3)17-9-7-15(8-10-17)22(28)27-12-11-20-19(14-27)21(26-25-20)16-5-4-6-18(24)13-16/h4-10,13H,11-12,14H2,1-3H3,(H,25,26). The molecule has 0 spiro atoms. The second kappa shape index (κ2) is 7.10. The van der Waals surface area contributed by atoms with Crippen molar-refractivity contribution in [3.63, 3.8) is 0 Å². The van der Waals surface area contributed by atoms with E-state index in [4.69, 9.17) is 11.6 Å². The van der Waals surface area contributed by atoms with Gasteiger partial charge in [-0.1, -0.05) is 56.6 Å². The SMILES string of the molecule is CC(C)(C)c1ccc(C(=O)N2CCc3[nH]nc(-c4cccc(Cl)c4)c3C2)cc1. The summed E-state index contributed by atoms with van der Waals surface area (Å²) in [7, 11) is 0. The maximum absolute atomic E-state index is 13.1. The first-order chi connectivity index (χ1) is 13.3. The van der Waals surface area contributed by atoms with Gasteiger partial charge in [-0.15, -0.1) is 0 Å². The van der Waals surface area contributed by atoms with Crippen LogP contribution in [0, 0.1) is 0 Å². The average Bonchev–Trinajstić information content (AvgIpc) is 3.10. The molecule has 0 saturated heterocycles. The molecule has 2 aromatic carbocycles. The maximum Gasteiger partial charge on any atom is 0.254 e. The minimum absolute atomic E-state index is 0.0596. The summed E-state index contributed by atoms with van der Waals surface area (Å²) in [6.45, 7) is 7.75. The fourth-order valence-electron chi connectivity index (χ4n) is 3.64. The molecule has 2 heterocycles. The summed E-state index contributed by atoms with van der Waals surface area (Å²) in [5.74, 6) is 0.0596. The Kier molecular flexibility index (Phi) is 4.76. The number of amides is 1. The van der Waals surface area contributed by atoms with Crippen LogP contribution in [0.5, 0.6) is 0 Å². The molecule has 1 amide bonds. The monoisotopic (exact) mass is 393 g/mol. The lowest BCUT2D eigenvalue weighted by atomic mass is 9.86. The summed E-state index contributed by atoms with van der Waals surface area (Å²) in [6, 6.07) is 15.6. The topological polar surface area (TPSA) is 49.0 Å². The Balaban J connectivity index is 1.58. The highest BCUT2D eigenvalue weighted by Gasteiger charge is 2.26. The summed E-state index contributed by atoms with van der Waals surface area (Å²) in [5, 5.41) is 8.31. The highest BCUT2D eigenvalue weighted by molar-refractivity contribution is 6.30. The largest absolute Gasteiger partial charge is 0.334 e. The Morgan fingerprint density at radius 1 is 1.14 bits per heavy atom. The molecule has 1 aliphatic heterocycles. The number of aromatic amines is 1. The Hall–Kier alpha value is -2.59. The molecule has 1 aromatic heterocycles. The lowest BCUT2D eigenvalue weighted by Crippen LogP contribution is -2.36. The van der Waals surface area contributed by atoms with Crippen LogP contribution in [-0.4, -0.2) is 27.5 Å². The molecule has 0 radical (unpaired) electrons. The quantitative estimate of drug-likeness (QED) is 0.648. The van der Waals surface area contributed by atoms with Crippen LogP contribution in [0.25, 0.3) is 11.3 Å². The first-order valence-corrected chi connectivity index (χ1v) is 9.92. The molecule has 144 valence electrons. The summed E-state index contributed by atoms with van der Waals surface area (Å²) < 4.78 is 0. The number of rotatable bonds is 2. The van der Waals surface area contributed by atoms with E-state index in [1.807, 2.05) is 41.3 Å². The van der Waals surface area contributed by atoms with E-state index in [0.29, 0.717) is 18.1 Å². The zero-order valence-electron chi connectivity index (χ0n) is 16.4. The van der Waals surface area contributed by atoms with Gasteiger partial charge < -0.3 is 4.90 Å². The van der Waals surface area contributed by atoms with Crippen molar-refractivity contribution in [1.29, 1.82) is 0 Å². The summed E-state index contributed by atoms with van der Waals surface area (Å²) in [4.78, 5) is 15.0. The van der Waals surface area contributed by atoms with Crippen LogP contribution in [0.2, 0.25) is 5.02 Å². The molecule has 0 saturated carbocycles. The maximum atomic E-state index is 13.1. The zero-order chi connectivity index (χ0) is 19.9. The van der Waals surface area contributed by atoms with Crippen molar-refractivity contribution >= 4 is 17.5 Å². The lowest BCUT2D eigenvalue weighted by Gasteiger charge is -2.27. The summed E-state index contributed by atoms with van der Waals surface area (Å²) in [5.41, 5.74) is 6.04. The Morgan fingerprint density at radius 2 is 1.89 bits per heavy atom. The fraction of sp³-hybridized carbons (Fsp3) is 0.304. The van der Waals surface area contributed by atoms with Gasteiger partial charge in [-0.2, -0.15) is 5.10 Å². The molecular weight excluding hydrogens is 370 g/mol. The van der Waals surface area contributed by atoms with Gasteiger partial charge in [-0.05, 0) is 35.2 Å². The van der Waals surface area contributed by atoms with Gasteiger partial charge in [0, 0.05) is 46.9 Å². The second-order valence-corrected chi connectivity index (χ2v) is 8.78. The number of H-pyrrole nitrogens is 1. The summed E-state index contributed by atoms with van der Waals surface area (Å²) >= 11 is 6.15. The number of fused-ring (bicyclic) bond motifs is 1. The molecule has 5 heteroatoms. The van der Waals surface area contributed by atoms with Crippen LogP contribution in [0.4, 0.5) is 0 Å². The molecule has 0 bridgehead atoms. The predicted octanol–water partition coefficient (Wildman–Crippen LogP) is 5.23. The van der Waals surface area contributed by atoms with Gasteiger partial charge in [0.2, 0.25) is 0 Å².